The van der Waals surface area contributed by atoms with Gasteiger partial charge in [-0.1, -0.05) is 12.1 Å². The minimum Gasteiger partial charge on any atom is -0.471 e. The van der Waals surface area contributed by atoms with Gasteiger partial charge in [0.25, 0.3) is 0 Å². The summed E-state index contributed by atoms with van der Waals surface area (Å²) in [4.78, 5) is 0. The molecule has 0 radical (unpaired) electrons. The largest absolute Gasteiger partial charge is 0.471 e. The average molecular weight is 199 g/mol. The van der Waals surface area contributed by atoms with Crippen LogP contribution >= 0.6 is 0 Å². The topological polar surface area (TPSA) is 58.6 Å². The highest BCUT2D eigenvalue weighted by Gasteiger charge is 2.22. The van der Waals surface area contributed by atoms with Gasteiger partial charge in [-0.15, -0.1) is 0 Å². The first-order chi connectivity index (χ1) is 6.27. The quantitative estimate of drug-likeness (QED) is 0.663. The van der Waals surface area contributed by atoms with Crippen LogP contribution in [0.5, 0.6) is 5.75 Å². The lowest BCUT2D eigenvalue weighted by Gasteiger charge is -2.24. The molecule has 2 unspecified atom stereocenters. The third-order valence-corrected chi connectivity index (χ3v) is 2.54. The van der Waals surface area contributed by atoms with E-state index in [1.54, 1.807) is 6.07 Å². The summed E-state index contributed by atoms with van der Waals surface area (Å²) in [5.74, 6) is 0.626. The molecule has 2 N–H and O–H groups in total. The van der Waals surface area contributed by atoms with Crippen LogP contribution in [0.15, 0.2) is 24.3 Å². The van der Waals surface area contributed by atoms with Crippen molar-refractivity contribution in [3.05, 3.63) is 24.3 Å². The number of nitrogens with one attached hydrogen (secondary N) is 1. The van der Waals surface area contributed by atoms with Crippen molar-refractivity contribution < 1.29 is 13.5 Å². The maximum absolute atomic E-state index is 10.7. The Morgan fingerprint density at radius 1 is 1.54 bits per heavy atom. The van der Waals surface area contributed by atoms with Crippen molar-refractivity contribution in [2.75, 3.05) is 11.9 Å². The van der Waals surface area contributed by atoms with Crippen LogP contribution in [0, 0.1) is 0 Å². The highest BCUT2D eigenvalue weighted by atomic mass is 32.2. The molecule has 70 valence electrons. The molecule has 0 bridgehead atoms. The highest BCUT2D eigenvalue weighted by Crippen LogP contribution is 2.28. The second kappa shape index (κ2) is 3.35. The molecule has 0 saturated carbocycles. The summed E-state index contributed by atoms with van der Waals surface area (Å²) in [5, 5.41) is 3.02. The summed E-state index contributed by atoms with van der Waals surface area (Å²) in [7, 11) is 0. The van der Waals surface area contributed by atoms with Crippen LogP contribution in [0.2, 0.25) is 0 Å². The minimum absolute atomic E-state index is 0.361. The van der Waals surface area contributed by atoms with Gasteiger partial charge >= 0.3 is 0 Å². The first-order valence-corrected chi connectivity index (χ1v) is 5.03. The molecule has 1 aromatic carbocycles. The molecular weight excluding hydrogens is 190 g/mol. The summed E-state index contributed by atoms with van der Waals surface area (Å²) >= 11 is -1.94. The predicted molar refractivity (Wildman–Crippen MR) is 50.1 cm³/mol. The minimum atomic E-state index is -1.94. The van der Waals surface area contributed by atoms with Gasteiger partial charge in [-0.05, 0) is 12.1 Å². The van der Waals surface area contributed by atoms with Crippen molar-refractivity contribution in [2.24, 2.45) is 0 Å². The molecule has 13 heavy (non-hydrogen) atoms. The Kier molecular flexibility index (Phi) is 2.20. The molecule has 2 atom stereocenters. The van der Waals surface area contributed by atoms with E-state index >= 15 is 0 Å². The fourth-order valence-corrected chi connectivity index (χ4v) is 1.62. The Bertz CT molecular complexity index is 342. The molecule has 0 amide bonds. The molecule has 0 spiro atoms. The Labute approximate surface area is 78.2 Å². The van der Waals surface area contributed by atoms with E-state index in [4.69, 9.17) is 9.29 Å². The summed E-state index contributed by atoms with van der Waals surface area (Å²) < 4.78 is 24.8. The lowest BCUT2D eigenvalue weighted by Crippen LogP contribution is -2.34. The molecule has 1 aliphatic heterocycles. The van der Waals surface area contributed by atoms with Crippen LogP contribution in [0.25, 0.3) is 0 Å². The van der Waals surface area contributed by atoms with Gasteiger partial charge in [0, 0.05) is 0 Å². The van der Waals surface area contributed by atoms with Crippen LogP contribution in [0.3, 0.4) is 0 Å². The summed E-state index contributed by atoms with van der Waals surface area (Å²) in [6.07, 6.45) is 0. The van der Waals surface area contributed by atoms with Gasteiger partial charge < -0.3 is 14.6 Å². The number of hydrogen-bond acceptors (Lipinski definition) is 3. The van der Waals surface area contributed by atoms with E-state index in [-0.39, 0.29) is 0 Å². The Morgan fingerprint density at radius 3 is 3.08 bits per heavy atom. The number of para-hydroxylation sites is 2. The normalized spacial score (nSPS) is 22.4. The van der Waals surface area contributed by atoms with Crippen LogP contribution in [-0.4, -0.2) is 20.7 Å². The fraction of sp³-hybridized carbons (Fsp3) is 0.250. The molecule has 2 rings (SSSR count). The van der Waals surface area contributed by atoms with Gasteiger partial charge in [0.05, 0.1) is 12.2 Å². The summed E-state index contributed by atoms with van der Waals surface area (Å²) in [6, 6.07) is 7.34. The lowest BCUT2D eigenvalue weighted by molar-refractivity contribution is 0.273. The van der Waals surface area contributed by atoms with E-state index in [2.05, 4.69) is 5.32 Å². The maximum atomic E-state index is 10.7. The van der Waals surface area contributed by atoms with Crippen LogP contribution in [-0.2, 0) is 11.1 Å². The Balaban J connectivity index is 2.24. The van der Waals surface area contributed by atoms with Gasteiger partial charge in [-0.3, -0.25) is 0 Å². The Hall–Kier alpha value is -1.07. The SMILES string of the molecule is O=S(O)C1CNc2ccccc2O1. The van der Waals surface area contributed by atoms with Crippen molar-refractivity contribution in [3.8, 4) is 5.75 Å². The van der Waals surface area contributed by atoms with Gasteiger partial charge in [-0.2, -0.15) is 0 Å². The van der Waals surface area contributed by atoms with Crippen LogP contribution < -0.4 is 10.1 Å². The van der Waals surface area contributed by atoms with Gasteiger partial charge in [0.2, 0.25) is 5.44 Å². The highest BCUT2D eigenvalue weighted by molar-refractivity contribution is 7.79. The fourth-order valence-electron chi connectivity index (χ4n) is 1.20. The number of hydrogen-bond donors (Lipinski definition) is 2. The Morgan fingerprint density at radius 2 is 2.31 bits per heavy atom. The van der Waals surface area contributed by atoms with E-state index in [0.29, 0.717) is 12.3 Å². The third kappa shape index (κ3) is 1.66. The van der Waals surface area contributed by atoms with E-state index in [0.717, 1.165) is 5.69 Å². The molecule has 4 nitrogen and oxygen atoms in total. The third-order valence-electron chi connectivity index (χ3n) is 1.83. The summed E-state index contributed by atoms with van der Waals surface area (Å²) in [6.45, 7) is 0.361. The molecular formula is C8H9NO3S. The van der Waals surface area contributed by atoms with E-state index in [9.17, 15) is 4.21 Å². The zero-order chi connectivity index (χ0) is 9.26. The van der Waals surface area contributed by atoms with Gasteiger partial charge in [-0.25, -0.2) is 4.21 Å². The zero-order valence-corrected chi connectivity index (χ0v) is 7.58. The zero-order valence-electron chi connectivity index (χ0n) is 6.77. The predicted octanol–water partition coefficient (Wildman–Crippen LogP) is 1.04. The molecule has 1 heterocycles. The first kappa shape index (κ1) is 8.52. The number of ether oxygens (including phenoxy) is 1. The van der Waals surface area contributed by atoms with Gasteiger partial charge in [0.15, 0.2) is 11.1 Å². The van der Waals surface area contributed by atoms with Crippen molar-refractivity contribution in [1.82, 2.24) is 0 Å². The lowest BCUT2D eigenvalue weighted by atomic mass is 10.2. The smallest absolute Gasteiger partial charge is 0.215 e. The molecule has 0 aliphatic carbocycles. The molecule has 1 aromatic rings. The van der Waals surface area contributed by atoms with Crippen molar-refractivity contribution >= 4 is 16.8 Å². The average Bonchev–Trinajstić information content (AvgIpc) is 2.17. The number of rotatable bonds is 1. The number of fused-ring (bicyclic) bond motifs is 1. The van der Waals surface area contributed by atoms with E-state index < -0.39 is 16.5 Å². The standard InChI is InChI=1S/C8H9NO3S/c10-13(11)8-5-9-6-3-1-2-4-7(6)12-8/h1-4,8-9H,5H2,(H,10,11). The van der Waals surface area contributed by atoms with Crippen LogP contribution in [0.1, 0.15) is 0 Å². The number of anilines is 1. The van der Waals surface area contributed by atoms with Crippen LogP contribution in [0.4, 0.5) is 5.69 Å². The molecule has 0 fully saturated rings. The number of benzene rings is 1. The summed E-state index contributed by atoms with van der Waals surface area (Å²) in [5.41, 5.74) is 0.194. The van der Waals surface area contributed by atoms with Crippen molar-refractivity contribution in [3.63, 3.8) is 0 Å². The molecule has 0 aromatic heterocycles. The second-order valence-corrected chi connectivity index (χ2v) is 3.78. The second-order valence-electron chi connectivity index (χ2n) is 2.70. The molecule has 5 heteroatoms. The molecule has 1 aliphatic rings. The van der Waals surface area contributed by atoms with E-state index in [1.807, 2.05) is 18.2 Å². The van der Waals surface area contributed by atoms with Crippen molar-refractivity contribution in [1.29, 1.82) is 0 Å². The van der Waals surface area contributed by atoms with Gasteiger partial charge in [0.1, 0.15) is 5.75 Å². The maximum Gasteiger partial charge on any atom is 0.215 e. The van der Waals surface area contributed by atoms with E-state index in [1.165, 1.54) is 0 Å². The monoisotopic (exact) mass is 199 g/mol. The first-order valence-electron chi connectivity index (χ1n) is 3.86. The van der Waals surface area contributed by atoms with Crippen molar-refractivity contribution in [2.45, 2.75) is 5.44 Å². The molecule has 0 saturated heterocycles.